The number of nitrogens with zero attached hydrogens (tertiary/aromatic N) is 1. The highest BCUT2D eigenvalue weighted by Gasteiger charge is 2.24. The zero-order chi connectivity index (χ0) is 13.8. The minimum Gasteiger partial charge on any atom is -0.490 e. The number of nitrogens with two attached hydrogens (primary N) is 1. The molecular formula is C16H26N2O. The van der Waals surface area contributed by atoms with Gasteiger partial charge in [0.25, 0.3) is 0 Å². The highest BCUT2D eigenvalue weighted by atomic mass is 16.5. The van der Waals surface area contributed by atoms with Crippen LogP contribution >= 0.6 is 0 Å². The maximum atomic E-state index is 6.18. The van der Waals surface area contributed by atoms with Crippen LogP contribution in [0.3, 0.4) is 0 Å². The predicted molar refractivity (Wildman–Crippen MR) is 79.4 cm³/mol. The molecule has 0 aromatic heterocycles. The standard InChI is InChI=1S/C16H26N2O/c1-12(17)15-6-4-5-7-16(15)19-13(2)14-8-10-18(3)11-9-14/h4-7,12-14H,8-11,17H2,1-3H3. The van der Waals surface area contributed by atoms with Crippen LogP contribution in [0.1, 0.15) is 38.3 Å². The Morgan fingerprint density at radius 2 is 1.84 bits per heavy atom. The minimum absolute atomic E-state index is 0.0147. The topological polar surface area (TPSA) is 38.5 Å². The van der Waals surface area contributed by atoms with Gasteiger partial charge in [0.1, 0.15) is 5.75 Å². The second kappa shape index (κ2) is 6.40. The Kier molecular flexibility index (Phi) is 4.83. The molecule has 1 aliphatic heterocycles. The Morgan fingerprint density at radius 3 is 2.47 bits per heavy atom. The fourth-order valence-corrected chi connectivity index (χ4v) is 2.76. The van der Waals surface area contributed by atoms with Crippen molar-refractivity contribution in [2.45, 2.75) is 38.8 Å². The summed E-state index contributed by atoms with van der Waals surface area (Å²) < 4.78 is 6.18. The van der Waals surface area contributed by atoms with E-state index in [0.29, 0.717) is 5.92 Å². The molecule has 2 rings (SSSR count). The van der Waals surface area contributed by atoms with E-state index >= 15 is 0 Å². The van der Waals surface area contributed by atoms with Crippen LogP contribution in [0.4, 0.5) is 0 Å². The molecule has 1 heterocycles. The van der Waals surface area contributed by atoms with Crippen LogP contribution < -0.4 is 10.5 Å². The predicted octanol–water partition coefficient (Wildman–Crippen LogP) is 2.82. The number of hydrogen-bond acceptors (Lipinski definition) is 3. The molecular weight excluding hydrogens is 236 g/mol. The lowest BCUT2D eigenvalue weighted by Crippen LogP contribution is -2.36. The largest absolute Gasteiger partial charge is 0.490 e. The molecule has 0 bridgehead atoms. The Labute approximate surface area is 116 Å². The average Bonchev–Trinajstić information content (AvgIpc) is 2.39. The lowest BCUT2D eigenvalue weighted by molar-refractivity contribution is 0.0967. The highest BCUT2D eigenvalue weighted by molar-refractivity contribution is 5.35. The molecule has 106 valence electrons. The number of para-hydroxylation sites is 1. The van der Waals surface area contributed by atoms with Gasteiger partial charge in [0, 0.05) is 11.6 Å². The summed E-state index contributed by atoms with van der Waals surface area (Å²) >= 11 is 0. The molecule has 0 aliphatic carbocycles. The fourth-order valence-electron chi connectivity index (χ4n) is 2.76. The highest BCUT2D eigenvalue weighted by Crippen LogP contribution is 2.28. The van der Waals surface area contributed by atoms with Gasteiger partial charge in [0.2, 0.25) is 0 Å². The number of piperidine rings is 1. The number of hydrogen-bond donors (Lipinski definition) is 1. The van der Waals surface area contributed by atoms with Crippen LogP contribution in [-0.4, -0.2) is 31.1 Å². The first kappa shape index (κ1) is 14.4. The molecule has 3 heteroatoms. The third-order valence-electron chi connectivity index (χ3n) is 4.15. The van der Waals surface area contributed by atoms with E-state index < -0.39 is 0 Å². The van der Waals surface area contributed by atoms with Crippen molar-refractivity contribution in [2.24, 2.45) is 11.7 Å². The van der Waals surface area contributed by atoms with Crippen LogP contribution in [0.15, 0.2) is 24.3 Å². The Balaban J connectivity index is 2.00. The maximum absolute atomic E-state index is 6.18. The molecule has 1 aromatic carbocycles. The number of rotatable bonds is 4. The molecule has 0 saturated carbocycles. The van der Waals surface area contributed by atoms with Crippen LogP contribution in [0, 0.1) is 5.92 Å². The van der Waals surface area contributed by atoms with Gasteiger partial charge in [-0.05, 0) is 58.8 Å². The van der Waals surface area contributed by atoms with Gasteiger partial charge in [-0.3, -0.25) is 0 Å². The van der Waals surface area contributed by atoms with Gasteiger partial charge >= 0.3 is 0 Å². The van der Waals surface area contributed by atoms with Crippen LogP contribution in [0.2, 0.25) is 0 Å². The van der Waals surface area contributed by atoms with Gasteiger partial charge in [0.15, 0.2) is 0 Å². The fraction of sp³-hybridized carbons (Fsp3) is 0.625. The van der Waals surface area contributed by atoms with Gasteiger partial charge in [-0.1, -0.05) is 18.2 Å². The molecule has 0 radical (unpaired) electrons. The first-order valence-corrected chi connectivity index (χ1v) is 7.27. The first-order valence-electron chi connectivity index (χ1n) is 7.27. The van der Waals surface area contributed by atoms with Crippen molar-refractivity contribution < 1.29 is 4.74 Å². The Bertz CT molecular complexity index is 397. The van der Waals surface area contributed by atoms with E-state index in [-0.39, 0.29) is 12.1 Å². The molecule has 1 fully saturated rings. The van der Waals surface area contributed by atoms with Crippen molar-refractivity contribution in [3.05, 3.63) is 29.8 Å². The summed E-state index contributed by atoms with van der Waals surface area (Å²) in [7, 11) is 2.19. The van der Waals surface area contributed by atoms with Gasteiger partial charge in [0.05, 0.1) is 6.10 Å². The molecule has 2 unspecified atom stereocenters. The van der Waals surface area contributed by atoms with E-state index in [1.54, 1.807) is 0 Å². The molecule has 1 saturated heterocycles. The average molecular weight is 262 g/mol. The summed E-state index contributed by atoms with van der Waals surface area (Å²) in [4.78, 5) is 2.39. The molecule has 19 heavy (non-hydrogen) atoms. The van der Waals surface area contributed by atoms with Gasteiger partial charge in [-0.15, -0.1) is 0 Å². The van der Waals surface area contributed by atoms with Gasteiger partial charge < -0.3 is 15.4 Å². The number of likely N-dealkylation sites (tertiary alicyclic amines) is 1. The first-order chi connectivity index (χ1) is 9.08. The summed E-state index contributed by atoms with van der Waals surface area (Å²) in [6.45, 7) is 6.54. The summed E-state index contributed by atoms with van der Waals surface area (Å²) in [6.07, 6.45) is 2.70. The van der Waals surface area contributed by atoms with Crippen molar-refractivity contribution in [1.29, 1.82) is 0 Å². The smallest absolute Gasteiger partial charge is 0.124 e. The van der Waals surface area contributed by atoms with Crippen LogP contribution in [0.5, 0.6) is 5.75 Å². The van der Waals surface area contributed by atoms with Crippen molar-refractivity contribution in [3.8, 4) is 5.75 Å². The van der Waals surface area contributed by atoms with Crippen molar-refractivity contribution in [1.82, 2.24) is 4.90 Å². The molecule has 1 aromatic rings. The van der Waals surface area contributed by atoms with Crippen molar-refractivity contribution >= 4 is 0 Å². The third kappa shape index (κ3) is 3.71. The van der Waals surface area contributed by atoms with Crippen LogP contribution in [-0.2, 0) is 0 Å². The molecule has 3 nitrogen and oxygen atoms in total. The molecule has 0 spiro atoms. The summed E-state index contributed by atoms with van der Waals surface area (Å²) in [5.41, 5.74) is 7.10. The SMILES string of the molecule is CC(N)c1ccccc1OC(C)C1CCN(C)CC1. The van der Waals surface area contributed by atoms with E-state index in [2.05, 4.69) is 24.9 Å². The zero-order valence-electron chi connectivity index (χ0n) is 12.3. The lowest BCUT2D eigenvalue weighted by Gasteiger charge is -2.33. The van der Waals surface area contributed by atoms with Gasteiger partial charge in [-0.25, -0.2) is 0 Å². The van der Waals surface area contributed by atoms with Crippen molar-refractivity contribution in [3.63, 3.8) is 0 Å². The summed E-state index contributed by atoms with van der Waals surface area (Å²) in [6, 6.07) is 8.14. The van der Waals surface area contributed by atoms with E-state index in [4.69, 9.17) is 10.5 Å². The monoisotopic (exact) mass is 262 g/mol. The van der Waals surface area contributed by atoms with E-state index in [1.165, 1.54) is 25.9 Å². The number of ether oxygens (including phenoxy) is 1. The third-order valence-corrected chi connectivity index (χ3v) is 4.15. The zero-order valence-corrected chi connectivity index (χ0v) is 12.3. The lowest BCUT2D eigenvalue weighted by atomic mass is 9.92. The molecule has 0 amide bonds. The Hall–Kier alpha value is -1.06. The normalized spacial score (nSPS) is 21.1. The van der Waals surface area contributed by atoms with E-state index in [9.17, 15) is 0 Å². The van der Waals surface area contributed by atoms with E-state index in [0.717, 1.165) is 11.3 Å². The molecule has 1 aliphatic rings. The molecule has 2 atom stereocenters. The number of benzene rings is 1. The second-order valence-electron chi connectivity index (χ2n) is 5.79. The van der Waals surface area contributed by atoms with Crippen LogP contribution in [0.25, 0.3) is 0 Å². The minimum atomic E-state index is 0.0147. The van der Waals surface area contributed by atoms with E-state index in [1.807, 2.05) is 25.1 Å². The Morgan fingerprint density at radius 1 is 1.21 bits per heavy atom. The summed E-state index contributed by atoms with van der Waals surface area (Å²) in [5.74, 6) is 1.60. The van der Waals surface area contributed by atoms with Crippen molar-refractivity contribution in [2.75, 3.05) is 20.1 Å². The second-order valence-corrected chi connectivity index (χ2v) is 5.79. The van der Waals surface area contributed by atoms with Gasteiger partial charge in [-0.2, -0.15) is 0 Å². The molecule has 2 N–H and O–H groups in total. The quantitative estimate of drug-likeness (QED) is 0.907. The summed E-state index contributed by atoms with van der Waals surface area (Å²) in [5, 5.41) is 0. The maximum Gasteiger partial charge on any atom is 0.124 e.